The molecule has 10 nitrogen and oxygen atoms in total. The molecule has 0 bridgehead atoms. The predicted octanol–water partition coefficient (Wildman–Crippen LogP) is 2.72. The van der Waals surface area contributed by atoms with E-state index in [0.717, 1.165) is 17.0 Å². The number of nitrogens with zero attached hydrogens (tertiary/aromatic N) is 3. The van der Waals surface area contributed by atoms with Gasteiger partial charge in [0, 0.05) is 13.1 Å². The molecule has 0 unspecified atom stereocenters. The summed E-state index contributed by atoms with van der Waals surface area (Å²) in [4.78, 5) is 24.4. The van der Waals surface area contributed by atoms with Gasteiger partial charge in [0.25, 0.3) is 5.91 Å². The number of hydrogen-bond acceptors (Lipinski definition) is 8. The predicted molar refractivity (Wildman–Crippen MR) is 110 cm³/mol. The van der Waals surface area contributed by atoms with Crippen molar-refractivity contribution >= 4 is 17.7 Å². The van der Waals surface area contributed by atoms with Gasteiger partial charge in [-0.25, -0.2) is 4.79 Å². The van der Waals surface area contributed by atoms with E-state index in [1.807, 2.05) is 13.8 Å². The smallest absolute Gasteiger partial charge is 0.338 e. The van der Waals surface area contributed by atoms with Gasteiger partial charge in [0.1, 0.15) is 18.2 Å². The molecule has 1 N–H and O–H groups in total. The standard InChI is InChI=1S/C21H24N4O6/c1-12-8-19(25(4)23-12)22-20(26)11-30-21(27)15-6-7-17(18(9-15)28-5)29-10-16-13(2)24-31-14(16)3/h6-9H,10-11H2,1-5H3,(H,22,26). The summed E-state index contributed by atoms with van der Waals surface area (Å²) in [7, 11) is 3.17. The summed E-state index contributed by atoms with van der Waals surface area (Å²) in [6.07, 6.45) is 0. The van der Waals surface area contributed by atoms with E-state index in [9.17, 15) is 9.59 Å². The number of rotatable bonds is 8. The van der Waals surface area contributed by atoms with Crippen LogP contribution in [0.15, 0.2) is 28.8 Å². The van der Waals surface area contributed by atoms with Crippen LogP contribution in [0.4, 0.5) is 5.82 Å². The fourth-order valence-electron chi connectivity index (χ4n) is 2.89. The lowest BCUT2D eigenvalue weighted by molar-refractivity contribution is -0.119. The molecule has 31 heavy (non-hydrogen) atoms. The molecule has 0 saturated carbocycles. The van der Waals surface area contributed by atoms with Crippen molar-refractivity contribution < 1.29 is 28.3 Å². The number of carbonyl (C=O) groups excluding carboxylic acids is 2. The SMILES string of the molecule is COc1cc(C(=O)OCC(=O)Nc2cc(C)nn2C)ccc1OCc1c(C)noc1C. The number of methoxy groups -OCH3 is 1. The van der Waals surface area contributed by atoms with Crippen LogP contribution >= 0.6 is 0 Å². The second-order valence-electron chi connectivity index (χ2n) is 6.88. The lowest BCUT2D eigenvalue weighted by atomic mass is 10.2. The van der Waals surface area contributed by atoms with Crippen molar-refractivity contribution in [3.05, 3.63) is 52.5 Å². The Balaban J connectivity index is 1.59. The van der Waals surface area contributed by atoms with Gasteiger partial charge in [0.05, 0.1) is 29.6 Å². The summed E-state index contributed by atoms with van der Waals surface area (Å²) in [5.74, 6) is 0.866. The molecule has 0 aliphatic carbocycles. The third-order valence-electron chi connectivity index (χ3n) is 4.56. The van der Waals surface area contributed by atoms with Crippen molar-refractivity contribution in [1.29, 1.82) is 0 Å². The quantitative estimate of drug-likeness (QED) is 0.544. The van der Waals surface area contributed by atoms with Crippen LogP contribution in [0.3, 0.4) is 0 Å². The van der Waals surface area contributed by atoms with E-state index in [1.54, 1.807) is 26.1 Å². The molecule has 164 valence electrons. The topological polar surface area (TPSA) is 118 Å². The first kappa shape index (κ1) is 21.9. The second-order valence-corrected chi connectivity index (χ2v) is 6.88. The van der Waals surface area contributed by atoms with E-state index in [-0.39, 0.29) is 12.2 Å². The normalized spacial score (nSPS) is 10.6. The van der Waals surface area contributed by atoms with Crippen LogP contribution in [0.5, 0.6) is 11.5 Å². The van der Waals surface area contributed by atoms with E-state index in [0.29, 0.717) is 23.1 Å². The molecular weight excluding hydrogens is 404 g/mol. The van der Waals surface area contributed by atoms with Crippen LogP contribution in [0.25, 0.3) is 0 Å². The lowest BCUT2D eigenvalue weighted by Gasteiger charge is -2.12. The van der Waals surface area contributed by atoms with Crippen molar-refractivity contribution in [3.8, 4) is 11.5 Å². The molecule has 2 heterocycles. The number of nitrogens with one attached hydrogen (secondary N) is 1. The van der Waals surface area contributed by atoms with Gasteiger partial charge < -0.3 is 24.1 Å². The molecule has 1 amide bonds. The highest BCUT2D eigenvalue weighted by molar-refractivity contribution is 5.95. The zero-order valence-electron chi connectivity index (χ0n) is 18.0. The Morgan fingerprint density at radius 2 is 1.94 bits per heavy atom. The minimum absolute atomic E-state index is 0.228. The zero-order valence-corrected chi connectivity index (χ0v) is 18.0. The Bertz CT molecular complexity index is 1080. The van der Waals surface area contributed by atoms with Crippen LogP contribution in [-0.2, 0) is 23.2 Å². The summed E-state index contributed by atoms with van der Waals surface area (Å²) < 4.78 is 22.9. The maximum Gasteiger partial charge on any atom is 0.338 e. The fraction of sp³-hybridized carbons (Fsp3) is 0.333. The fourth-order valence-corrected chi connectivity index (χ4v) is 2.89. The number of esters is 1. The monoisotopic (exact) mass is 428 g/mol. The summed E-state index contributed by atoms with van der Waals surface area (Å²) in [5.41, 5.74) is 2.58. The van der Waals surface area contributed by atoms with Crippen molar-refractivity contribution in [2.24, 2.45) is 7.05 Å². The summed E-state index contributed by atoms with van der Waals surface area (Å²) >= 11 is 0. The first-order valence-corrected chi connectivity index (χ1v) is 9.48. The zero-order chi connectivity index (χ0) is 22.5. The van der Waals surface area contributed by atoms with E-state index < -0.39 is 18.5 Å². The number of aryl methyl sites for hydroxylation is 4. The number of carbonyl (C=O) groups is 2. The van der Waals surface area contributed by atoms with E-state index in [1.165, 1.54) is 23.9 Å². The number of amides is 1. The molecule has 2 aromatic heterocycles. The lowest BCUT2D eigenvalue weighted by Crippen LogP contribution is -2.22. The first-order chi connectivity index (χ1) is 14.8. The first-order valence-electron chi connectivity index (χ1n) is 9.48. The number of anilines is 1. The maximum absolute atomic E-state index is 12.3. The Morgan fingerprint density at radius 3 is 2.55 bits per heavy atom. The van der Waals surface area contributed by atoms with Gasteiger partial charge >= 0.3 is 5.97 Å². The minimum atomic E-state index is -0.660. The van der Waals surface area contributed by atoms with Crippen LogP contribution < -0.4 is 14.8 Å². The van der Waals surface area contributed by atoms with Crippen LogP contribution in [0.2, 0.25) is 0 Å². The van der Waals surface area contributed by atoms with E-state index in [2.05, 4.69) is 15.6 Å². The second kappa shape index (κ2) is 9.33. The average Bonchev–Trinajstić information content (AvgIpc) is 3.23. The molecule has 0 spiro atoms. The molecule has 1 aromatic carbocycles. The van der Waals surface area contributed by atoms with Crippen molar-refractivity contribution in [3.63, 3.8) is 0 Å². The van der Waals surface area contributed by atoms with Gasteiger partial charge in [-0.1, -0.05) is 5.16 Å². The molecule has 0 aliphatic rings. The number of aromatic nitrogens is 3. The van der Waals surface area contributed by atoms with Gasteiger partial charge in [0.15, 0.2) is 18.1 Å². The Kier molecular flexibility index (Phi) is 6.58. The van der Waals surface area contributed by atoms with Crippen LogP contribution in [0, 0.1) is 20.8 Å². The van der Waals surface area contributed by atoms with Crippen LogP contribution in [-0.4, -0.2) is 40.5 Å². The maximum atomic E-state index is 12.3. The van der Waals surface area contributed by atoms with E-state index in [4.69, 9.17) is 18.7 Å². The molecule has 10 heteroatoms. The van der Waals surface area contributed by atoms with Gasteiger partial charge in [0.2, 0.25) is 0 Å². The third kappa shape index (κ3) is 5.21. The van der Waals surface area contributed by atoms with Crippen molar-refractivity contribution in [2.75, 3.05) is 19.0 Å². The minimum Gasteiger partial charge on any atom is -0.493 e. The number of benzene rings is 1. The molecule has 0 atom stereocenters. The Hall–Kier alpha value is -3.82. The highest BCUT2D eigenvalue weighted by Crippen LogP contribution is 2.29. The molecule has 3 rings (SSSR count). The highest BCUT2D eigenvalue weighted by atomic mass is 16.5. The van der Waals surface area contributed by atoms with Crippen molar-refractivity contribution in [1.82, 2.24) is 14.9 Å². The summed E-state index contributed by atoms with van der Waals surface area (Å²) in [6.45, 7) is 5.26. The molecule has 0 radical (unpaired) electrons. The third-order valence-corrected chi connectivity index (χ3v) is 4.56. The largest absolute Gasteiger partial charge is 0.493 e. The molecular formula is C21H24N4O6. The Morgan fingerprint density at radius 1 is 1.16 bits per heavy atom. The number of hydrogen-bond donors (Lipinski definition) is 1. The average molecular weight is 428 g/mol. The van der Waals surface area contributed by atoms with Gasteiger partial charge in [-0.2, -0.15) is 5.10 Å². The molecule has 3 aromatic rings. The molecule has 0 aliphatic heterocycles. The number of ether oxygens (including phenoxy) is 3. The molecule has 0 fully saturated rings. The van der Waals surface area contributed by atoms with Crippen molar-refractivity contribution in [2.45, 2.75) is 27.4 Å². The Labute approximate surface area is 179 Å². The van der Waals surface area contributed by atoms with Gasteiger partial charge in [-0.05, 0) is 39.0 Å². The van der Waals surface area contributed by atoms with Crippen LogP contribution in [0.1, 0.15) is 33.1 Å². The molecule has 0 saturated heterocycles. The summed E-state index contributed by atoms with van der Waals surface area (Å²) in [5, 5.41) is 10.7. The highest BCUT2D eigenvalue weighted by Gasteiger charge is 2.16. The summed E-state index contributed by atoms with van der Waals surface area (Å²) in [6, 6.07) is 6.35. The van der Waals surface area contributed by atoms with Gasteiger partial charge in [-0.15, -0.1) is 0 Å². The van der Waals surface area contributed by atoms with E-state index >= 15 is 0 Å². The van der Waals surface area contributed by atoms with Gasteiger partial charge in [-0.3, -0.25) is 9.48 Å².